The number of thiazole rings is 1. The average Bonchev–Trinajstić information content (AvgIpc) is 3.06. The third kappa shape index (κ3) is 5.04. The van der Waals surface area contributed by atoms with Gasteiger partial charge in [0, 0.05) is 37.8 Å². The van der Waals surface area contributed by atoms with Gasteiger partial charge in [-0.15, -0.1) is 11.3 Å². The van der Waals surface area contributed by atoms with Gasteiger partial charge in [0.15, 0.2) is 5.13 Å². The topological polar surface area (TPSA) is 31.4 Å². The van der Waals surface area contributed by atoms with Crippen LogP contribution in [0, 0.1) is 5.92 Å². The van der Waals surface area contributed by atoms with Gasteiger partial charge in [-0.05, 0) is 38.4 Å². The third-order valence-corrected chi connectivity index (χ3v) is 4.78. The molecule has 0 saturated carbocycles. The van der Waals surface area contributed by atoms with Crippen LogP contribution in [-0.2, 0) is 6.54 Å². The summed E-state index contributed by atoms with van der Waals surface area (Å²) in [6.45, 7) is 11.3. The van der Waals surface area contributed by atoms with E-state index in [0.717, 1.165) is 31.3 Å². The smallest absolute Gasteiger partial charge is 0.185 e. The zero-order chi connectivity index (χ0) is 14.4. The molecule has 0 atom stereocenters. The SMILES string of the molecule is CC(C)CNCc1cnc(N(C)CCN2CCCC2)s1. The molecule has 0 spiro atoms. The van der Waals surface area contributed by atoms with Crippen LogP contribution in [0.5, 0.6) is 0 Å². The van der Waals surface area contributed by atoms with Crippen LogP contribution >= 0.6 is 11.3 Å². The Hall–Kier alpha value is -0.650. The minimum atomic E-state index is 0.700. The van der Waals surface area contributed by atoms with Crippen molar-refractivity contribution in [2.45, 2.75) is 33.2 Å². The van der Waals surface area contributed by atoms with Gasteiger partial charge < -0.3 is 15.1 Å². The van der Waals surface area contributed by atoms with Crippen molar-refractivity contribution in [1.82, 2.24) is 15.2 Å². The van der Waals surface area contributed by atoms with Crippen LogP contribution in [0.4, 0.5) is 5.13 Å². The van der Waals surface area contributed by atoms with Crippen molar-refractivity contribution < 1.29 is 0 Å². The van der Waals surface area contributed by atoms with E-state index in [0.29, 0.717) is 5.92 Å². The molecule has 114 valence electrons. The summed E-state index contributed by atoms with van der Waals surface area (Å²) in [5.41, 5.74) is 0. The Labute approximate surface area is 127 Å². The fourth-order valence-corrected chi connectivity index (χ4v) is 3.30. The maximum Gasteiger partial charge on any atom is 0.185 e. The molecule has 1 aromatic heterocycles. The van der Waals surface area contributed by atoms with Crippen LogP contribution in [0.1, 0.15) is 31.6 Å². The van der Waals surface area contributed by atoms with Gasteiger partial charge in [-0.2, -0.15) is 0 Å². The van der Waals surface area contributed by atoms with Gasteiger partial charge in [0.2, 0.25) is 0 Å². The Morgan fingerprint density at radius 2 is 2.15 bits per heavy atom. The number of likely N-dealkylation sites (N-methyl/N-ethyl adjacent to an activating group) is 1. The molecule has 2 heterocycles. The lowest BCUT2D eigenvalue weighted by molar-refractivity contribution is 0.346. The van der Waals surface area contributed by atoms with E-state index >= 15 is 0 Å². The third-order valence-electron chi connectivity index (χ3n) is 3.67. The van der Waals surface area contributed by atoms with Crippen molar-refractivity contribution in [1.29, 1.82) is 0 Å². The van der Waals surface area contributed by atoms with E-state index in [1.165, 1.54) is 30.8 Å². The minimum absolute atomic E-state index is 0.700. The molecule has 20 heavy (non-hydrogen) atoms. The predicted molar refractivity (Wildman–Crippen MR) is 87.6 cm³/mol. The number of hydrogen-bond acceptors (Lipinski definition) is 5. The second kappa shape index (κ2) is 7.96. The summed E-state index contributed by atoms with van der Waals surface area (Å²) in [6, 6.07) is 0. The number of nitrogens with zero attached hydrogens (tertiary/aromatic N) is 3. The summed E-state index contributed by atoms with van der Waals surface area (Å²) in [5, 5.41) is 4.62. The van der Waals surface area contributed by atoms with Gasteiger partial charge in [0.1, 0.15) is 0 Å². The minimum Gasteiger partial charge on any atom is -0.350 e. The lowest BCUT2D eigenvalue weighted by atomic mass is 10.2. The van der Waals surface area contributed by atoms with E-state index in [1.54, 1.807) is 0 Å². The predicted octanol–water partition coefficient (Wildman–Crippen LogP) is 2.42. The molecule has 0 aliphatic carbocycles. The van der Waals surface area contributed by atoms with Crippen LogP contribution < -0.4 is 10.2 Å². The van der Waals surface area contributed by atoms with E-state index in [-0.39, 0.29) is 0 Å². The van der Waals surface area contributed by atoms with Crippen molar-refractivity contribution in [3.63, 3.8) is 0 Å². The monoisotopic (exact) mass is 296 g/mol. The zero-order valence-electron chi connectivity index (χ0n) is 13.1. The fraction of sp³-hybridized carbons (Fsp3) is 0.800. The van der Waals surface area contributed by atoms with Crippen LogP contribution in [0.15, 0.2) is 6.20 Å². The number of nitrogens with one attached hydrogen (secondary N) is 1. The lowest BCUT2D eigenvalue weighted by Crippen LogP contribution is -2.31. The number of aromatic nitrogens is 1. The lowest BCUT2D eigenvalue weighted by Gasteiger charge is -2.20. The van der Waals surface area contributed by atoms with Gasteiger partial charge in [0.25, 0.3) is 0 Å². The second-order valence-corrected chi connectivity index (χ2v) is 7.20. The Morgan fingerprint density at radius 3 is 2.85 bits per heavy atom. The molecule has 1 fully saturated rings. The largest absolute Gasteiger partial charge is 0.350 e. The molecule has 1 saturated heterocycles. The first-order valence-electron chi connectivity index (χ1n) is 7.74. The number of hydrogen-bond donors (Lipinski definition) is 1. The van der Waals surface area contributed by atoms with Crippen molar-refractivity contribution in [3.8, 4) is 0 Å². The highest BCUT2D eigenvalue weighted by atomic mass is 32.1. The van der Waals surface area contributed by atoms with Gasteiger partial charge in [-0.1, -0.05) is 13.8 Å². The fourth-order valence-electron chi connectivity index (χ4n) is 2.43. The van der Waals surface area contributed by atoms with Crippen LogP contribution in [0.2, 0.25) is 0 Å². The number of anilines is 1. The zero-order valence-corrected chi connectivity index (χ0v) is 13.9. The molecule has 1 N–H and O–H groups in total. The summed E-state index contributed by atoms with van der Waals surface area (Å²) in [5.74, 6) is 0.700. The molecule has 0 unspecified atom stereocenters. The molecule has 4 nitrogen and oxygen atoms in total. The number of likely N-dealkylation sites (tertiary alicyclic amines) is 1. The molecule has 5 heteroatoms. The Balaban J connectivity index is 1.72. The van der Waals surface area contributed by atoms with Crippen molar-refractivity contribution in [2.75, 3.05) is 44.7 Å². The molecule has 1 aromatic rings. The quantitative estimate of drug-likeness (QED) is 0.798. The molecular weight excluding hydrogens is 268 g/mol. The molecule has 0 bridgehead atoms. The first-order chi connectivity index (χ1) is 9.65. The van der Waals surface area contributed by atoms with Crippen molar-refractivity contribution in [3.05, 3.63) is 11.1 Å². The molecule has 2 rings (SSSR count). The summed E-state index contributed by atoms with van der Waals surface area (Å²) in [6.07, 6.45) is 4.75. The van der Waals surface area contributed by atoms with E-state index in [9.17, 15) is 0 Å². The van der Waals surface area contributed by atoms with Crippen molar-refractivity contribution in [2.24, 2.45) is 5.92 Å². The van der Waals surface area contributed by atoms with E-state index in [4.69, 9.17) is 0 Å². The summed E-state index contributed by atoms with van der Waals surface area (Å²) in [7, 11) is 2.15. The van der Waals surface area contributed by atoms with E-state index in [2.05, 4.69) is 41.0 Å². The van der Waals surface area contributed by atoms with Gasteiger partial charge >= 0.3 is 0 Å². The maximum absolute atomic E-state index is 4.55. The maximum atomic E-state index is 4.55. The molecule has 0 radical (unpaired) electrons. The highest BCUT2D eigenvalue weighted by molar-refractivity contribution is 7.15. The van der Waals surface area contributed by atoms with Gasteiger partial charge in [-0.3, -0.25) is 0 Å². The summed E-state index contributed by atoms with van der Waals surface area (Å²) >= 11 is 1.81. The molecule has 0 aromatic carbocycles. The van der Waals surface area contributed by atoms with Gasteiger partial charge in [0.05, 0.1) is 0 Å². The van der Waals surface area contributed by atoms with Crippen LogP contribution in [0.25, 0.3) is 0 Å². The van der Waals surface area contributed by atoms with Crippen LogP contribution in [0.3, 0.4) is 0 Å². The number of rotatable bonds is 8. The van der Waals surface area contributed by atoms with Crippen molar-refractivity contribution >= 4 is 16.5 Å². The van der Waals surface area contributed by atoms with E-state index < -0.39 is 0 Å². The molecule has 1 aliphatic rings. The summed E-state index contributed by atoms with van der Waals surface area (Å²) < 4.78 is 0. The normalized spacial score (nSPS) is 16.2. The molecule has 1 aliphatic heterocycles. The Kier molecular flexibility index (Phi) is 6.26. The first kappa shape index (κ1) is 15.7. The van der Waals surface area contributed by atoms with Gasteiger partial charge in [-0.25, -0.2) is 4.98 Å². The van der Waals surface area contributed by atoms with Crippen LogP contribution in [-0.4, -0.2) is 49.7 Å². The first-order valence-corrected chi connectivity index (χ1v) is 8.55. The Morgan fingerprint density at radius 1 is 1.40 bits per heavy atom. The molecular formula is C15H28N4S. The highest BCUT2D eigenvalue weighted by Crippen LogP contribution is 2.21. The Bertz CT molecular complexity index is 385. The van der Waals surface area contributed by atoms with E-state index in [1.807, 2.05) is 17.5 Å². The average molecular weight is 296 g/mol. The summed E-state index contributed by atoms with van der Waals surface area (Å²) in [4.78, 5) is 10.7. The standard InChI is InChI=1S/C15H28N4S/c1-13(2)10-16-11-14-12-17-15(20-14)18(3)8-9-19-6-4-5-7-19/h12-13,16H,4-11H2,1-3H3. The molecule has 0 amide bonds. The highest BCUT2D eigenvalue weighted by Gasteiger charge is 2.13. The second-order valence-electron chi connectivity index (χ2n) is 6.10.